The highest BCUT2D eigenvalue weighted by molar-refractivity contribution is 6.09. The van der Waals surface area contributed by atoms with Gasteiger partial charge in [0, 0.05) is 11.1 Å². The molecule has 0 radical (unpaired) electrons. The van der Waals surface area contributed by atoms with Crippen molar-refractivity contribution in [2.75, 3.05) is 10.7 Å². The Balaban J connectivity index is 2.55. The zero-order valence-electron chi connectivity index (χ0n) is 12.3. The highest BCUT2D eigenvalue weighted by atomic mass is 16.6. The Kier molecular flexibility index (Phi) is 3.65. The molecule has 112 valence electrons. The van der Waals surface area contributed by atoms with Crippen LogP contribution in [0.25, 0.3) is 10.8 Å². The number of phenolic OH excluding ortho intramolecular Hbond substituents is 1. The van der Waals surface area contributed by atoms with Crippen LogP contribution >= 0.6 is 0 Å². The summed E-state index contributed by atoms with van der Waals surface area (Å²) in [7, 11) is 0. The number of anilines is 2. The number of phenols is 1. The Labute approximate surface area is 122 Å². The minimum Gasteiger partial charge on any atom is -0.506 e. The van der Waals surface area contributed by atoms with Gasteiger partial charge in [-0.25, -0.2) is 15.6 Å². The normalized spacial score (nSPS) is 11.4. The van der Waals surface area contributed by atoms with Crippen LogP contribution in [0.5, 0.6) is 5.75 Å². The molecule has 0 aliphatic carbocycles. The summed E-state index contributed by atoms with van der Waals surface area (Å²) in [4.78, 5) is 12.1. The van der Waals surface area contributed by atoms with Gasteiger partial charge in [-0.15, -0.1) is 0 Å². The lowest BCUT2D eigenvalue weighted by atomic mass is 10.1. The minimum atomic E-state index is -0.770. The molecule has 0 heterocycles. The van der Waals surface area contributed by atoms with E-state index >= 15 is 0 Å². The van der Waals surface area contributed by atoms with Gasteiger partial charge in [0.2, 0.25) is 0 Å². The summed E-state index contributed by atoms with van der Waals surface area (Å²) in [6, 6.07) is 8.44. The topological polar surface area (TPSA) is 102 Å². The summed E-state index contributed by atoms with van der Waals surface area (Å²) in [5, 5.41) is 12.1. The molecular formula is C15H19N3O3. The highest BCUT2D eigenvalue weighted by Gasteiger charge is 2.25. The van der Waals surface area contributed by atoms with Crippen molar-refractivity contribution in [1.29, 1.82) is 0 Å². The summed E-state index contributed by atoms with van der Waals surface area (Å²) >= 11 is 0. The zero-order valence-corrected chi connectivity index (χ0v) is 12.3. The molecule has 0 atom stereocenters. The fraction of sp³-hybridized carbons (Fsp3) is 0.267. The summed E-state index contributed by atoms with van der Waals surface area (Å²) in [6.45, 7) is 5.20. The summed E-state index contributed by atoms with van der Waals surface area (Å²) in [5.41, 5.74) is 5.79. The monoisotopic (exact) mass is 289 g/mol. The Morgan fingerprint density at radius 1 is 1.24 bits per heavy atom. The van der Waals surface area contributed by atoms with E-state index in [2.05, 4.69) is 0 Å². The first kappa shape index (κ1) is 14.9. The van der Waals surface area contributed by atoms with Gasteiger partial charge in [0.1, 0.15) is 17.0 Å². The van der Waals surface area contributed by atoms with Crippen molar-refractivity contribution in [1.82, 2.24) is 0 Å². The number of fused-ring (bicyclic) bond motifs is 1. The zero-order chi connectivity index (χ0) is 15.8. The van der Waals surface area contributed by atoms with Gasteiger partial charge < -0.3 is 15.6 Å². The molecule has 0 unspecified atom stereocenters. The van der Waals surface area contributed by atoms with E-state index in [1.165, 1.54) is 6.07 Å². The van der Waals surface area contributed by atoms with Gasteiger partial charge >= 0.3 is 6.09 Å². The number of carbonyl (C=O) groups is 1. The number of hydrazine groups is 1. The summed E-state index contributed by atoms with van der Waals surface area (Å²) in [5.74, 6) is 5.68. The standard InChI is InChI=1S/C15H19N3O3/c1-15(2,3)21-14(20)18(17)13-11(19)8-7-9-5-4-6-10(16)12(9)13/h4-8,19H,16-17H2,1-3H3. The van der Waals surface area contributed by atoms with Crippen LogP contribution in [0, 0.1) is 0 Å². The second kappa shape index (κ2) is 5.14. The number of aromatic hydroxyl groups is 1. The third-order valence-electron chi connectivity index (χ3n) is 2.86. The van der Waals surface area contributed by atoms with Crippen LogP contribution in [0.4, 0.5) is 16.2 Å². The van der Waals surface area contributed by atoms with Crippen molar-refractivity contribution in [2.45, 2.75) is 26.4 Å². The molecule has 0 aliphatic heterocycles. The predicted molar refractivity (Wildman–Crippen MR) is 82.9 cm³/mol. The number of nitrogens with two attached hydrogens (primary N) is 2. The molecule has 0 saturated carbocycles. The number of ether oxygens (including phenoxy) is 1. The van der Waals surface area contributed by atoms with Crippen molar-refractivity contribution in [2.24, 2.45) is 5.84 Å². The lowest BCUT2D eigenvalue weighted by molar-refractivity contribution is 0.0579. The van der Waals surface area contributed by atoms with E-state index in [9.17, 15) is 9.90 Å². The third-order valence-corrected chi connectivity index (χ3v) is 2.86. The number of benzene rings is 2. The van der Waals surface area contributed by atoms with E-state index < -0.39 is 11.7 Å². The number of nitrogen functional groups attached to an aromatic ring is 1. The van der Waals surface area contributed by atoms with Crippen molar-refractivity contribution < 1.29 is 14.6 Å². The van der Waals surface area contributed by atoms with Gasteiger partial charge in [0.05, 0.1) is 0 Å². The SMILES string of the molecule is CC(C)(C)OC(=O)N(N)c1c(O)ccc2cccc(N)c12. The van der Waals surface area contributed by atoms with Gasteiger partial charge in [-0.2, -0.15) is 0 Å². The highest BCUT2D eigenvalue weighted by Crippen LogP contribution is 2.38. The Bertz CT molecular complexity index is 692. The van der Waals surface area contributed by atoms with Crippen molar-refractivity contribution in [3.63, 3.8) is 0 Å². The molecule has 2 aromatic carbocycles. The molecule has 0 aromatic heterocycles. The van der Waals surface area contributed by atoms with Crippen LogP contribution < -0.4 is 16.6 Å². The maximum Gasteiger partial charge on any atom is 0.429 e. The first-order valence-electron chi connectivity index (χ1n) is 6.48. The van der Waals surface area contributed by atoms with Crippen LogP contribution in [0.1, 0.15) is 20.8 Å². The van der Waals surface area contributed by atoms with Gasteiger partial charge in [-0.05, 0) is 38.3 Å². The predicted octanol–water partition coefficient (Wildman–Crippen LogP) is 2.74. The average molecular weight is 289 g/mol. The van der Waals surface area contributed by atoms with Crippen LogP contribution in [-0.4, -0.2) is 16.8 Å². The fourth-order valence-electron chi connectivity index (χ4n) is 2.02. The molecule has 6 heteroatoms. The van der Waals surface area contributed by atoms with E-state index in [1.54, 1.807) is 39.0 Å². The molecule has 0 bridgehead atoms. The number of amides is 1. The molecule has 6 nitrogen and oxygen atoms in total. The van der Waals surface area contributed by atoms with Gasteiger partial charge in [0.25, 0.3) is 0 Å². The largest absolute Gasteiger partial charge is 0.506 e. The summed E-state index contributed by atoms with van der Waals surface area (Å²) in [6.07, 6.45) is -0.770. The van der Waals surface area contributed by atoms with E-state index in [0.29, 0.717) is 11.1 Å². The first-order chi connectivity index (χ1) is 9.70. The molecule has 1 amide bonds. The number of nitrogens with zero attached hydrogens (tertiary/aromatic N) is 1. The lowest BCUT2D eigenvalue weighted by Gasteiger charge is -2.25. The Morgan fingerprint density at radius 2 is 1.90 bits per heavy atom. The first-order valence-corrected chi connectivity index (χ1v) is 6.48. The molecule has 0 fully saturated rings. The lowest BCUT2D eigenvalue weighted by Crippen LogP contribution is -2.41. The quantitative estimate of drug-likeness (QED) is 0.324. The smallest absolute Gasteiger partial charge is 0.429 e. The molecule has 0 saturated heterocycles. The van der Waals surface area contributed by atoms with Gasteiger partial charge in [0.15, 0.2) is 0 Å². The van der Waals surface area contributed by atoms with Crippen molar-refractivity contribution in [3.8, 4) is 5.75 Å². The number of hydrogen-bond donors (Lipinski definition) is 3. The third kappa shape index (κ3) is 3.00. The second-order valence-electron chi connectivity index (χ2n) is 5.73. The molecule has 2 rings (SSSR count). The van der Waals surface area contributed by atoms with E-state index in [4.69, 9.17) is 16.3 Å². The maximum atomic E-state index is 12.1. The molecular weight excluding hydrogens is 270 g/mol. The number of carbonyl (C=O) groups excluding carboxylic acids is 1. The van der Waals surface area contributed by atoms with Crippen LogP contribution in [0.15, 0.2) is 30.3 Å². The minimum absolute atomic E-state index is 0.125. The molecule has 2 aromatic rings. The molecule has 21 heavy (non-hydrogen) atoms. The maximum absolute atomic E-state index is 12.1. The molecule has 0 spiro atoms. The van der Waals surface area contributed by atoms with Gasteiger partial charge in [-0.3, -0.25) is 0 Å². The van der Waals surface area contributed by atoms with E-state index in [1.807, 2.05) is 6.07 Å². The average Bonchev–Trinajstić information content (AvgIpc) is 2.37. The number of hydrogen-bond acceptors (Lipinski definition) is 5. The van der Waals surface area contributed by atoms with Crippen LogP contribution in [0.2, 0.25) is 0 Å². The van der Waals surface area contributed by atoms with Crippen molar-refractivity contribution in [3.05, 3.63) is 30.3 Å². The second-order valence-corrected chi connectivity index (χ2v) is 5.73. The number of rotatable bonds is 1. The Hall–Kier alpha value is -2.47. The van der Waals surface area contributed by atoms with Crippen LogP contribution in [0.3, 0.4) is 0 Å². The summed E-state index contributed by atoms with van der Waals surface area (Å²) < 4.78 is 5.21. The molecule has 0 aliphatic rings. The molecule has 5 N–H and O–H groups in total. The van der Waals surface area contributed by atoms with Crippen LogP contribution in [-0.2, 0) is 4.74 Å². The van der Waals surface area contributed by atoms with E-state index in [0.717, 1.165) is 10.4 Å². The van der Waals surface area contributed by atoms with E-state index in [-0.39, 0.29) is 11.4 Å². The Morgan fingerprint density at radius 3 is 2.52 bits per heavy atom. The van der Waals surface area contributed by atoms with Crippen molar-refractivity contribution >= 4 is 28.2 Å². The van der Waals surface area contributed by atoms with Gasteiger partial charge in [-0.1, -0.05) is 18.2 Å². The fourth-order valence-corrected chi connectivity index (χ4v) is 2.02.